The van der Waals surface area contributed by atoms with Crippen molar-refractivity contribution in [1.29, 1.82) is 0 Å². The van der Waals surface area contributed by atoms with Crippen molar-refractivity contribution in [3.8, 4) is 0 Å². The van der Waals surface area contributed by atoms with Crippen LogP contribution < -0.4 is 15.7 Å². The summed E-state index contributed by atoms with van der Waals surface area (Å²) in [6, 6.07) is 8.58. The van der Waals surface area contributed by atoms with Crippen LogP contribution in [0.5, 0.6) is 0 Å². The molecule has 0 aliphatic carbocycles. The van der Waals surface area contributed by atoms with Gasteiger partial charge in [0.25, 0.3) is 5.91 Å². The monoisotopic (exact) mass is 493 g/mol. The Labute approximate surface area is 133 Å². The number of halogens is 2. The first-order chi connectivity index (χ1) is 8.20. The summed E-state index contributed by atoms with van der Waals surface area (Å²) in [5.74, 6) is -0.356. The van der Waals surface area contributed by atoms with Crippen molar-refractivity contribution in [2.75, 3.05) is 4.67 Å². The molecule has 1 rings (SSSR count). The molecule has 1 aromatic carbocycles. The van der Waals surface area contributed by atoms with Crippen LogP contribution >= 0.6 is 52.8 Å². The number of hydrogen-bond acceptors (Lipinski definition) is 2. The SMILES string of the molecule is CCC(I)(I)C(=O)N(c1ccccc1)P(N)(N)=O. The van der Waals surface area contributed by atoms with E-state index in [1.807, 2.05) is 52.1 Å². The predicted molar refractivity (Wildman–Crippen MR) is 91.0 cm³/mol. The van der Waals surface area contributed by atoms with Gasteiger partial charge in [-0.25, -0.2) is 4.67 Å². The smallest absolute Gasteiger partial charge is 0.272 e. The number of hydrogen-bond donors (Lipinski definition) is 2. The van der Waals surface area contributed by atoms with Gasteiger partial charge in [0, 0.05) is 0 Å². The highest BCUT2D eigenvalue weighted by Crippen LogP contribution is 2.44. The van der Waals surface area contributed by atoms with E-state index < -0.39 is 9.02 Å². The molecule has 0 atom stereocenters. The Bertz CT molecular complexity index is 475. The van der Waals surface area contributed by atoms with Crippen LogP contribution in [-0.2, 0) is 9.36 Å². The summed E-state index contributed by atoms with van der Waals surface area (Å²) in [7, 11) is -3.69. The summed E-state index contributed by atoms with van der Waals surface area (Å²) in [5.41, 5.74) is 11.4. The van der Waals surface area contributed by atoms with E-state index in [-0.39, 0.29) is 5.91 Å². The van der Waals surface area contributed by atoms with Gasteiger partial charge < -0.3 is 0 Å². The number of para-hydroxylation sites is 1. The number of amides is 1. The van der Waals surface area contributed by atoms with E-state index in [4.69, 9.17) is 11.0 Å². The molecule has 0 saturated heterocycles. The van der Waals surface area contributed by atoms with Gasteiger partial charge >= 0.3 is 7.59 Å². The molecule has 1 aromatic rings. The zero-order valence-corrected chi connectivity index (χ0v) is 14.9. The van der Waals surface area contributed by atoms with E-state index in [0.29, 0.717) is 12.1 Å². The van der Waals surface area contributed by atoms with Crippen molar-refractivity contribution in [1.82, 2.24) is 0 Å². The number of alkyl halides is 2. The molecule has 4 N–H and O–H groups in total. The summed E-state index contributed by atoms with van der Waals surface area (Å²) in [4.78, 5) is 12.4. The molecule has 0 saturated carbocycles. The topological polar surface area (TPSA) is 89.4 Å². The third-order valence-electron chi connectivity index (χ3n) is 2.26. The van der Waals surface area contributed by atoms with Crippen molar-refractivity contribution in [3.63, 3.8) is 0 Å². The number of carbonyl (C=O) groups excluding carboxylic acids is 1. The second-order valence-corrected chi connectivity index (χ2v) is 11.2. The minimum Gasteiger partial charge on any atom is -0.272 e. The van der Waals surface area contributed by atoms with E-state index in [1.165, 1.54) is 0 Å². The normalized spacial score (nSPS) is 12.3. The Morgan fingerprint density at radius 1 is 1.33 bits per heavy atom. The molecule has 100 valence electrons. The third kappa shape index (κ3) is 3.89. The minimum absolute atomic E-state index is 0.356. The van der Waals surface area contributed by atoms with Gasteiger partial charge in [-0.15, -0.1) is 0 Å². The lowest BCUT2D eigenvalue weighted by Crippen LogP contribution is -2.42. The zero-order valence-electron chi connectivity index (χ0n) is 9.72. The highest BCUT2D eigenvalue weighted by atomic mass is 127. The maximum absolute atomic E-state index is 12.4. The number of benzene rings is 1. The first-order valence-electron chi connectivity index (χ1n) is 5.15. The molecule has 0 bridgehead atoms. The van der Waals surface area contributed by atoms with Crippen molar-refractivity contribution in [2.45, 2.75) is 14.8 Å². The number of nitrogens with two attached hydrogens (primary N) is 2. The van der Waals surface area contributed by atoms with Crippen LogP contribution in [0.25, 0.3) is 0 Å². The first-order valence-corrected chi connectivity index (χ1v) is 9.11. The maximum atomic E-state index is 12.4. The van der Waals surface area contributed by atoms with E-state index >= 15 is 0 Å². The van der Waals surface area contributed by atoms with Crippen LogP contribution in [0.4, 0.5) is 5.69 Å². The fourth-order valence-electron chi connectivity index (χ4n) is 1.32. The van der Waals surface area contributed by atoms with E-state index in [9.17, 15) is 9.36 Å². The van der Waals surface area contributed by atoms with Gasteiger partial charge in [-0.1, -0.05) is 70.3 Å². The molecular weight excluding hydrogens is 479 g/mol. The zero-order chi connectivity index (χ0) is 14.0. The van der Waals surface area contributed by atoms with Crippen LogP contribution in [0, 0.1) is 0 Å². The molecule has 0 aliphatic rings. The standard InChI is InChI=1S/C10H14I2N3O2P/c1-2-10(11,12)9(16)15(18(13,14)17)8-6-4-3-5-7-8/h3-7H,2H2,1H3,(H4,13,14,17). The van der Waals surface area contributed by atoms with Gasteiger partial charge in [0.1, 0.15) is 0 Å². The van der Waals surface area contributed by atoms with Crippen LogP contribution in [0.2, 0.25) is 0 Å². The van der Waals surface area contributed by atoms with Crippen LogP contribution in [0.3, 0.4) is 0 Å². The van der Waals surface area contributed by atoms with Gasteiger partial charge in [-0.05, 0) is 18.6 Å². The van der Waals surface area contributed by atoms with Crippen LogP contribution in [0.1, 0.15) is 13.3 Å². The Morgan fingerprint density at radius 2 is 1.83 bits per heavy atom. The Kier molecular flexibility index (Phi) is 5.60. The molecular formula is C10H14I2N3O2P. The molecule has 18 heavy (non-hydrogen) atoms. The summed E-state index contributed by atoms with van der Waals surface area (Å²) in [6.07, 6.45) is 0.580. The molecule has 5 nitrogen and oxygen atoms in total. The Hall–Kier alpha value is 0.300. The molecule has 0 unspecified atom stereocenters. The first kappa shape index (κ1) is 16.4. The molecule has 0 spiro atoms. The molecule has 0 fully saturated rings. The quantitative estimate of drug-likeness (QED) is 0.384. The highest BCUT2D eigenvalue weighted by molar-refractivity contribution is 14.2. The lowest BCUT2D eigenvalue weighted by molar-refractivity contribution is -0.117. The fourth-order valence-corrected chi connectivity index (χ4v) is 3.13. The van der Waals surface area contributed by atoms with E-state index in [0.717, 1.165) is 4.67 Å². The molecule has 0 radical (unpaired) electrons. The lowest BCUT2D eigenvalue weighted by atomic mass is 10.3. The minimum atomic E-state index is -3.69. The van der Waals surface area contributed by atoms with Gasteiger partial charge in [0.2, 0.25) is 0 Å². The molecule has 0 heterocycles. The molecule has 0 aromatic heterocycles. The predicted octanol–water partition coefficient (Wildman–Crippen LogP) is 3.02. The summed E-state index contributed by atoms with van der Waals surface area (Å²) < 4.78 is 12.3. The van der Waals surface area contributed by atoms with Crippen LogP contribution in [-0.4, -0.2) is 7.34 Å². The summed E-state index contributed by atoms with van der Waals surface area (Å²) in [6.45, 7) is 1.87. The summed E-state index contributed by atoms with van der Waals surface area (Å²) >= 11 is 4.02. The molecule has 1 amide bonds. The van der Waals surface area contributed by atoms with Crippen molar-refractivity contribution in [3.05, 3.63) is 30.3 Å². The third-order valence-corrected chi connectivity index (χ3v) is 5.75. The second kappa shape index (κ2) is 6.17. The Balaban J connectivity index is 3.26. The largest absolute Gasteiger partial charge is 0.307 e. The fraction of sp³-hybridized carbons (Fsp3) is 0.300. The average Bonchev–Trinajstić information content (AvgIpc) is 2.28. The number of carbonyl (C=O) groups is 1. The maximum Gasteiger partial charge on any atom is 0.307 e. The summed E-state index contributed by atoms with van der Waals surface area (Å²) in [5, 5.41) is 0. The molecule has 0 aliphatic heterocycles. The van der Waals surface area contributed by atoms with Gasteiger partial charge in [0.15, 0.2) is 1.43 Å². The lowest BCUT2D eigenvalue weighted by Gasteiger charge is -2.30. The Morgan fingerprint density at radius 3 is 2.22 bits per heavy atom. The highest BCUT2D eigenvalue weighted by Gasteiger charge is 2.40. The van der Waals surface area contributed by atoms with Gasteiger partial charge in [0.05, 0.1) is 5.69 Å². The number of nitrogens with zero attached hydrogens (tertiary/aromatic N) is 1. The van der Waals surface area contributed by atoms with Gasteiger partial charge in [-0.2, -0.15) is 0 Å². The second-order valence-electron chi connectivity index (χ2n) is 3.68. The average molecular weight is 493 g/mol. The molecule has 8 heteroatoms. The van der Waals surface area contributed by atoms with E-state index in [2.05, 4.69) is 0 Å². The van der Waals surface area contributed by atoms with Crippen molar-refractivity contribution in [2.24, 2.45) is 11.0 Å². The van der Waals surface area contributed by atoms with Crippen molar-refractivity contribution < 1.29 is 9.36 Å². The number of anilines is 1. The van der Waals surface area contributed by atoms with Crippen LogP contribution in [0.15, 0.2) is 30.3 Å². The van der Waals surface area contributed by atoms with Gasteiger partial charge in [-0.3, -0.25) is 20.4 Å². The van der Waals surface area contributed by atoms with E-state index in [1.54, 1.807) is 30.3 Å². The van der Waals surface area contributed by atoms with Crippen molar-refractivity contribution >= 4 is 64.4 Å². The number of rotatable bonds is 4.